The number of thioether (sulfide) groups is 1. The smallest absolute Gasteiger partial charge is 0.263 e. The average molecular weight is 409 g/mol. The van der Waals surface area contributed by atoms with Crippen molar-refractivity contribution >= 4 is 33.4 Å². The first-order chi connectivity index (χ1) is 12.8. The van der Waals surface area contributed by atoms with Gasteiger partial charge >= 0.3 is 0 Å². The van der Waals surface area contributed by atoms with Crippen LogP contribution < -0.4 is 5.32 Å². The van der Waals surface area contributed by atoms with Crippen molar-refractivity contribution in [2.75, 3.05) is 29.9 Å². The molecule has 0 radical (unpaired) electrons. The molecule has 146 valence electrons. The molecule has 9 heteroatoms. The van der Waals surface area contributed by atoms with Crippen LogP contribution in [0.5, 0.6) is 0 Å². The summed E-state index contributed by atoms with van der Waals surface area (Å²) in [5.74, 6) is 1.03. The largest absolute Gasteiger partial charge is 0.322 e. The van der Waals surface area contributed by atoms with Crippen LogP contribution in [0.15, 0.2) is 29.4 Å². The molecule has 1 fully saturated rings. The van der Waals surface area contributed by atoms with E-state index < -0.39 is 15.9 Å². The second kappa shape index (κ2) is 8.04. The number of anilines is 1. The average Bonchev–Trinajstić information content (AvgIpc) is 3.11. The van der Waals surface area contributed by atoms with Crippen molar-refractivity contribution < 1.29 is 13.2 Å². The van der Waals surface area contributed by atoms with Gasteiger partial charge in [-0.3, -0.25) is 9.48 Å². The first-order valence-electron chi connectivity index (χ1n) is 8.87. The first kappa shape index (κ1) is 19.9. The molecule has 1 saturated heterocycles. The molecule has 0 aliphatic carbocycles. The van der Waals surface area contributed by atoms with Crippen molar-refractivity contribution in [1.29, 1.82) is 0 Å². The molecule has 2 heterocycles. The van der Waals surface area contributed by atoms with Crippen LogP contribution in [0.4, 0.5) is 5.69 Å². The van der Waals surface area contributed by atoms with Gasteiger partial charge in [0, 0.05) is 43.0 Å². The van der Waals surface area contributed by atoms with Crippen LogP contribution >= 0.6 is 11.8 Å². The lowest BCUT2D eigenvalue weighted by Crippen LogP contribution is -2.38. The highest BCUT2D eigenvalue weighted by molar-refractivity contribution is 7.99. The van der Waals surface area contributed by atoms with Gasteiger partial charge in [-0.15, -0.1) is 0 Å². The van der Waals surface area contributed by atoms with Gasteiger partial charge in [-0.2, -0.15) is 21.2 Å². The summed E-state index contributed by atoms with van der Waals surface area (Å²) in [6.45, 7) is 7.16. The summed E-state index contributed by atoms with van der Waals surface area (Å²) in [6, 6.07) is 5.59. The van der Waals surface area contributed by atoms with Crippen molar-refractivity contribution in [1.82, 2.24) is 14.1 Å². The number of amides is 1. The number of rotatable bonds is 5. The van der Waals surface area contributed by atoms with Crippen LogP contribution in [-0.4, -0.2) is 53.0 Å². The van der Waals surface area contributed by atoms with Crippen LogP contribution in [0.3, 0.4) is 0 Å². The number of benzene rings is 1. The van der Waals surface area contributed by atoms with E-state index in [4.69, 9.17) is 0 Å². The highest BCUT2D eigenvalue weighted by Gasteiger charge is 2.33. The molecule has 1 aromatic carbocycles. The van der Waals surface area contributed by atoms with Gasteiger partial charge in [0.05, 0.1) is 5.56 Å². The number of carbonyl (C=O) groups excluding carboxylic acids is 1. The molecule has 1 aliphatic heterocycles. The molecule has 7 nitrogen and oxygen atoms in total. The molecule has 1 aromatic heterocycles. The third-order valence-electron chi connectivity index (χ3n) is 4.62. The predicted octanol–water partition coefficient (Wildman–Crippen LogP) is 2.51. The lowest BCUT2D eigenvalue weighted by Gasteiger charge is -2.24. The Kier molecular flexibility index (Phi) is 5.92. The predicted molar refractivity (Wildman–Crippen MR) is 108 cm³/mol. The zero-order valence-electron chi connectivity index (χ0n) is 15.7. The van der Waals surface area contributed by atoms with Gasteiger partial charge in [-0.05, 0) is 44.0 Å². The molecule has 1 N–H and O–H groups in total. The van der Waals surface area contributed by atoms with Gasteiger partial charge in [0.25, 0.3) is 15.9 Å². The first-order valence-corrected chi connectivity index (χ1v) is 11.5. The van der Waals surface area contributed by atoms with E-state index in [0.29, 0.717) is 25.3 Å². The van der Waals surface area contributed by atoms with Crippen LogP contribution in [0, 0.1) is 13.8 Å². The van der Waals surface area contributed by atoms with Crippen LogP contribution in [0.1, 0.15) is 28.4 Å². The molecule has 1 aliphatic rings. The quantitative estimate of drug-likeness (QED) is 0.822. The zero-order chi connectivity index (χ0) is 19.6. The zero-order valence-corrected chi connectivity index (χ0v) is 17.4. The lowest BCUT2D eigenvalue weighted by atomic mass is 10.1. The monoisotopic (exact) mass is 408 g/mol. The number of aromatic nitrogens is 2. The summed E-state index contributed by atoms with van der Waals surface area (Å²) in [5.41, 5.74) is 2.88. The van der Waals surface area contributed by atoms with Crippen molar-refractivity contribution in [3.8, 4) is 0 Å². The maximum atomic E-state index is 13.1. The number of hydrogen-bond acceptors (Lipinski definition) is 5. The minimum atomic E-state index is -3.81. The van der Waals surface area contributed by atoms with E-state index in [1.165, 1.54) is 15.2 Å². The topological polar surface area (TPSA) is 84.3 Å². The van der Waals surface area contributed by atoms with Crippen LogP contribution in [-0.2, 0) is 16.6 Å². The molecule has 0 saturated carbocycles. The van der Waals surface area contributed by atoms with Gasteiger partial charge in [0.15, 0.2) is 0 Å². The Labute approximate surface area is 164 Å². The molecule has 27 heavy (non-hydrogen) atoms. The van der Waals surface area contributed by atoms with Crippen LogP contribution in [0.2, 0.25) is 0 Å². The number of nitrogens with zero attached hydrogens (tertiary/aromatic N) is 3. The second-order valence-electron chi connectivity index (χ2n) is 6.47. The fourth-order valence-electron chi connectivity index (χ4n) is 2.84. The summed E-state index contributed by atoms with van der Waals surface area (Å²) in [4.78, 5) is 12.8. The van der Waals surface area contributed by atoms with E-state index >= 15 is 0 Å². The number of nitrogens with one attached hydrogen (secondary N) is 1. The number of sulfonamides is 1. The van der Waals surface area contributed by atoms with Crippen molar-refractivity contribution in [2.24, 2.45) is 0 Å². The Hall–Kier alpha value is -1.84. The molecule has 0 unspecified atom stereocenters. The van der Waals surface area contributed by atoms with Crippen molar-refractivity contribution in [3.63, 3.8) is 0 Å². The van der Waals surface area contributed by atoms with E-state index in [9.17, 15) is 13.2 Å². The fourth-order valence-corrected chi connectivity index (χ4v) is 5.51. The van der Waals surface area contributed by atoms with E-state index in [1.807, 2.05) is 32.9 Å². The molecule has 2 aromatic rings. The van der Waals surface area contributed by atoms with Gasteiger partial charge in [0.1, 0.15) is 0 Å². The second-order valence-corrected chi connectivity index (χ2v) is 9.55. The van der Waals surface area contributed by atoms with Gasteiger partial charge in [0.2, 0.25) is 5.03 Å². The van der Waals surface area contributed by atoms with E-state index in [-0.39, 0.29) is 10.6 Å². The Morgan fingerprint density at radius 1 is 1.22 bits per heavy atom. The van der Waals surface area contributed by atoms with E-state index in [1.54, 1.807) is 17.8 Å². The Balaban J connectivity index is 1.93. The van der Waals surface area contributed by atoms with E-state index in [2.05, 4.69) is 10.4 Å². The molecule has 0 spiro atoms. The minimum absolute atomic E-state index is 0.0771. The molecule has 0 bridgehead atoms. The molecule has 1 amide bonds. The normalized spacial score (nSPS) is 15.7. The van der Waals surface area contributed by atoms with Gasteiger partial charge in [-0.25, -0.2) is 8.42 Å². The number of aryl methyl sites for hydroxylation is 3. The van der Waals surface area contributed by atoms with Crippen molar-refractivity contribution in [2.45, 2.75) is 32.3 Å². The SMILES string of the molecule is CCn1cc(C(=O)Nc2ccc(C)c(C)c2)c(S(=O)(=O)N2CCSCC2)n1. The van der Waals surface area contributed by atoms with Crippen LogP contribution in [0.25, 0.3) is 0 Å². The maximum Gasteiger partial charge on any atom is 0.263 e. The summed E-state index contributed by atoms with van der Waals surface area (Å²) >= 11 is 1.72. The molecule has 0 atom stereocenters. The lowest BCUT2D eigenvalue weighted by molar-refractivity contribution is 0.102. The summed E-state index contributed by atoms with van der Waals surface area (Å²) in [7, 11) is -3.81. The Morgan fingerprint density at radius 3 is 2.56 bits per heavy atom. The summed E-state index contributed by atoms with van der Waals surface area (Å²) < 4.78 is 29.0. The standard InChI is InChI=1S/C18H24N4O3S2/c1-4-21-12-16(17(23)19-15-6-5-13(2)14(3)11-15)18(20-21)27(24,25)22-7-9-26-10-8-22/h5-6,11-12H,4,7-10H2,1-3H3,(H,19,23). The molecule has 3 rings (SSSR count). The summed E-state index contributed by atoms with van der Waals surface area (Å²) in [5, 5.41) is 6.82. The highest BCUT2D eigenvalue weighted by Crippen LogP contribution is 2.23. The maximum absolute atomic E-state index is 13.1. The van der Waals surface area contributed by atoms with E-state index in [0.717, 1.165) is 22.6 Å². The molecular weight excluding hydrogens is 384 g/mol. The third kappa shape index (κ3) is 4.20. The third-order valence-corrected chi connectivity index (χ3v) is 7.39. The number of carbonyl (C=O) groups is 1. The number of hydrogen-bond donors (Lipinski definition) is 1. The summed E-state index contributed by atoms with van der Waals surface area (Å²) in [6.07, 6.45) is 1.50. The Bertz CT molecular complexity index is 948. The fraction of sp³-hybridized carbons (Fsp3) is 0.444. The molecular formula is C18H24N4O3S2. The van der Waals surface area contributed by atoms with Crippen molar-refractivity contribution in [3.05, 3.63) is 41.1 Å². The Morgan fingerprint density at radius 2 is 1.93 bits per heavy atom. The van der Waals surface area contributed by atoms with Gasteiger partial charge < -0.3 is 5.32 Å². The minimum Gasteiger partial charge on any atom is -0.322 e. The highest BCUT2D eigenvalue weighted by atomic mass is 32.2. The van der Waals surface area contributed by atoms with Gasteiger partial charge in [-0.1, -0.05) is 6.07 Å².